The highest BCUT2D eigenvalue weighted by molar-refractivity contribution is 5.79. The summed E-state index contributed by atoms with van der Waals surface area (Å²) < 4.78 is 0. The molecule has 0 saturated carbocycles. The summed E-state index contributed by atoms with van der Waals surface area (Å²) in [6.45, 7) is 4.32. The number of rotatable bonds is 3. The lowest BCUT2D eigenvalue weighted by Crippen LogP contribution is -2.46. The monoisotopic (exact) mass is 236 g/mol. The van der Waals surface area contributed by atoms with Gasteiger partial charge in [-0.25, -0.2) is 0 Å². The van der Waals surface area contributed by atoms with Gasteiger partial charge in [-0.05, 0) is 58.0 Å². The van der Waals surface area contributed by atoms with Gasteiger partial charge in [0.05, 0.1) is 0 Å². The van der Waals surface area contributed by atoms with Gasteiger partial charge >= 0.3 is 0 Å². The number of piperidine rings is 1. The standard InChI is InChI=1S/C14H24N2O/c1-11(13-8-5-9-15-10-13)16-14(17)12-6-3-2-4-7-12/h2-3,11-13,15H,4-10H2,1H3,(H,16,17). The van der Waals surface area contributed by atoms with Crippen LogP contribution in [-0.4, -0.2) is 25.0 Å². The molecule has 3 atom stereocenters. The number of nitrogens with one attached hydrogen (secondary N) is 2. The molecule has 2 aliphatic rings. The van der Waals surface area contributed by atoms with E-state index in [0.29, 0.717) is 12.0 Å². The second kappa shape index (κ2) is 6.20. The quantitative estimate of drug-likeness (QED) is 0.734. The van der Waals surface area contributed by atoms with Crippen molar-refractivity contribution in [3.63, 3.8) is 0 Å². The largest absolute Gasteiger partial charge is 0.353 e. The minimum absolute atomic E-state index is 0.207. The maximum Gasteiger partial charge on any atom is 0.223 e. The van der Waals surface area contributed by atoms with E-state index in [0.717, 1.165) is 32.4 Å². The molecule has 17 heavy (non-hydrogen) atoms. The molecule has 0 radical (unpaired) electrons. The van der Waals surface area contributed by atoms with Gasteiger partial charge in [0.2, 0.25) is 5.91 Å². The first-order valence-electron chi connectivity index (χ1n) is 6.93. The van der Waals surface area contributed by atoms with E-state index in [1.807, 2.05) is 0 Å². The fraction of sp³-hybridized carbons (Fsp3) is 0.786. The zero-order valence-electron chi connectivity index (χ0n) is 10.7. The second-order valence-electron chi connectivity index (χ2n) is 5.39. The van der Waals surface area contributed by atoms with Crippen molar-refractivity contribution in [3.05, 3.63) is 12.2 Å². The molecule has 2 N–H and O–H groups in total. The lowest BCUT2D eigenvalue weighted by Gasteiger charge is -2.30. The van der Waals surface area contributed by atoms with Gasteiger partial charge in [0.15, 0.2) is 0 Å². The molecular formula is C14H24N2O. The number of carbonyl (C=O) groups excluding carboxylic acids is 1. The average molecular weight is 236 g/mol. The van der Waals surface area contributed by atoms with E-state index in [9.17, 15) is 4.79 Å². The second-order valence-corrected chi connectivity index (χ2v) is 5.39. The van der Waals surface area contributed by atoms with Crippen LogP contribution in [0.3, 0.4) is 0 Å². The Kier molecular flexibility index (Phi) is 4.60. The Morgan fingerprint density at radius 1 is 1.41 bits per heavy atom. The molecule has 1 saturated heterocycles. The highest BCUT2D eigenvalue weighted by atomic mass is 16.1. The molecule has 1 heterocycles. The molecule has 1 amide bonds. The topological polar surface area (TPSA) is 41.1 Å². The molecule has 3 unspecified atom stereocenters. The normalized spacial score (nSPS) is 30.9. The molecule has 0 aromatic heterocycles. The lowest BCUT2D eigenvalue weighted by molar-refractivity contribution is -0.126. The molecule has 0 aromatic rings. The average Bonchev–Trinajstić information content (AvgIpc) is 2.40. The van der Waals surface area contributed by atoms with Gasteiger partial charge in [-0.1, -0.05) is 12.2 Å². The Morgan fingerprint density at radius 2 is 2.29 bits per heavy atom. The van der Waals surface area contributed by atoms with Gasteiger partial charge in [-0.2, -0.15) is 0 Å². The third-order valence-corrected chi connectivity index (χ3v) is 4.05. The van der Waals surface area contributed by atoms with Gasteiger partial charge in [-0.15, -0.1) is 0 Å². The summed E-state index contributed by atoms with van der Waals surface area (Å²) >= 11 is 0. The van der Waals surface area contributed by atoms with Crippen molar-refractivity contribution in [1.29, 1.82) is 0 Å². The van der Waals surface area contributed by atoms with Crippen molar-refractivity contribution >= 4 is 5.91 Å². The summed E-state index contributed by atoms with van der Waals surface area (Å²) in [6.07, 6.45) is 9.77. The van der Waals surface area contributed by atoms with Gasteiger partial charge in [-0.3, -0.25) is 4.79 Å². The van der Waals surface area contributed by atoms with E-state index in [-0.39, 0.29) is 11.8 Å². The Labute approximate surface area is 104 Å². The molecule has 3 nitrogen and oxygen atoms in total. The van der Waals surface area contributed by atoms with Crippen LogP contribution in [0.5, 0.6) is 0 Å². The van der Waals surface area contributed by atoms with Gasteiger partial charge in [0.1, 0.15) is 0 Å². The number of carbonyl (C=O) groups is 1. The number of amides is 1. The fourth-order valence-corrected chi connectivity index (χ4v) is 2.80. The van der Waals surface area contributed by atoms with E-state index < -0.39 is 0 Å². The van der Waals surface area contributed by atoms with E-state index >= 15 is 0 Å². The highest BCUT2D eigenvalue weighted by Crippen LogP contribution is 2.20. The van der Waals surface area contributed by atoms with Crippen LogP contribution >= 0.6 is 0 Å². The third-order valence-electron chi connectivity index (χ3n) is 4.05. The number of hydrogen-bond acceptors (Lipinski definition) is 2. The Balaban J connectivity index is 1.78. The van der Waals surface area contributed by atoms with Crippen LogP contribution in [0, 0.1) is 11.8 Å². The highest BCUT2D eigenvalue weighted by Gasteiger charge is 2.24. The molecule has 0 aromatic carbocycles. The molecule has 1 fully saturated rings. The smallest absolute Gasteiger partial charge is 0.223 e. The van der Waals surface area contributed by atoms with Crippen LogP contribution in [-0.2, 0) is 4.79 Å². The van der Waals surface area contributed by atoms with E-state index in [1.165, 1.54) is 12.8 Å². The maximum absolute atomic E-state index is 12.1. The van der Waals surface area contributed by atoms with Crippen LogP contribution in [0.4, 0.5) is 0 Å². The summed E-state index contributed by atoms with van der Waals surface area (Å²) in [5.74, 6) is 1.07. The number of allylic oxidation sites excluding steroid dienone is 2. The SMILES string of the molecule is CC(NC(=O)C1CC=CCC1)C1CCCNC1. The van der Waals surface area contributed by atoms with E-state index in [2.05, 4.69) is 29.7 Å². The van der Waals surface area contributed by atoms with Crippen molar-refractivity contribution in [3.8, 4) is 0 Å². The van der Waals surface area contributed by atoms with E-state index in [1.54, 1.807) is 0 Å². The Morgan fingerprint density at radius 3 is 2.94 bits per heavy atom. The van der Waals surface area contributed by atoms with Crippen LogP contribution < -0.4 is 10.6 Å². The third kappa shape index (κ3) is 3.56. The zero-order valence-corrected chi connectivity index (χ0v) is 10.7. The first-order chi connectivity index (χ1) is 8.27. The van der Waals surface area contributed by atoms with Crippen LogP contribution in [0.1, 0.15) is 39.0 Å². The summed E-state index contributed by atoms with van der Waals surface area (Å²) in [7, 11) is 0. The molecule has 0 bridgehead atoms. The van der Waals surface area contributed by atoms with Crippen LogP contribution in [0.25, 0.3) is 0 Å². The summed E-state index contributed by atoms with van der Waals surface area (Å²) in [5, 5.41) is 6.61. The lowest BCUT2D eigenvalue weighted by atomic mass is 9.90. The molecule has 1 aliphatic heterocycles. The molecule has 2 rings (SSSR count). The van der Waals surface area contributed by atoms with Crippen LogP contribution in [0.15, 0.2) is 12.2 Å². The molecule has 0 spiro atoms. The fourth-order valence-electron chi connectivity index (χ4n) is 2.80. The summed E-state index contributed by atoms with van der Waals surface area (Å²) in [6, 6.07) is 0.307. The van der Waals surface area contributed by atoms with Crippen molar-refractivity contribution in [2.45, 2.75) is 45.1 Å². The van der Waals surface area contributed by atoms with Gasteiger partial charge < -0.3 is 10.6 Å². The predicted octanol–water partition coefficient (Wildman–Crippen LogP) is 1.85. The first-order valence-corrected chi connectivity index (χ1v) is 6.93. The zero-order chi connectivity index (χ0) is 12.1. The minimum Gasteiger partial charge on any atom is -0.353 e. The van der Waals surface area contributed by atoms with Gasteiger partial charge in [0, 0.05) is 12.0 Å². The molecule has 1 aliphatic carbocycles. The molecule has 96 valence electrons. The van der Waals surface area contributed by atoms with Crippen molar-refractivity contribution in [2.24, 2.45) is 11.8 Å². The summed E-state index contributed by atoms with van der Waals surface area (Å²) in [4.78, 5) is 12.1. The van der Waals surface area contributed by atoms with Crippen molar-refractivity contribution < 1.29 is 4.79 Å². The predicted molar refractivity (Wildman–Crippen MR) is 69.7 cm³/mol. The molecule has 3 heteroatoms. The van der Waals surface area contributed by atoms with Gasteiger partial charge in [0.25, 0.3) is 0 Å². The minimum atomic E-state index is 0.207. The molecular weight excluding hydrogens is 212 g/mol. The first kappa shape index (κ1) is 12.6. The summed E-state index contributed by atoms with van der Waals surface area (Å²) in [5.41, 5.74) is 0. The maximum atomic E-state index is 12.1. The van der Waals surface area contributed by atoms with E-state index in [4.69, 9.17) is 0 Å². The Bertz CT molecular complexity index is 282. The van der Waals surface area contributed by atoms with Crippen molar-refractivity contribution in [2.75, 3.05) is 13.1 Å². The van der Waals surface area contributed by atoms with Crippen LogP contribution in [0.2, 0.25) is 0 Å². The number of hydrogen-bond donors (Lipinski definition) is 2. The van der Waals surface area contributed by atoms with Crippen molar-refractivity contribution in [1.82, 2.24) is 10.6 Å². The Hall–Kier alpha value is -0.830.